The van der Waals surface area contributed by atoms with Gasteiger partial charge in [0.15, 0.2) is 0 Å². The monoisotopic (exact) mass is 332 g/mol. The van der Waals surface area contributed by atoms with Gasteiger partial charge in [0.2, 0.25) is 0 Å². The summed E-state index contributed by atoms with van der Waals surface area (Å²) in [5.74, 6) is -1.03. The smallest absolute Gasteiger partial charge is 0.333 e. The minimum atomic E-state index is -0.920. The molecular formula is C20H28O4. The Morgan fingerprint density at radius 3 is 2.62 bits per heavy atom. The maximum absolute atomic E-state index is 12.2. The van der Waals surface area contributed by atoms with Gasteiger partial charge in [0, 0.05) is 16.6 Å². The van der Waals surface area contributed by atoms with Gasteiger partial charge >= 0.3 is 11.9 Å². The molecule has 2 aliphatic rings. The van der Waals surface area contributed by atoms with Crippen LogP contribution in [0.25, 0.3) is 0 Å². The SMILES string of the molecule is C=C(C(=O)O)C1CCC2(C)C(OC(=O)C(C)=CC)CCC(=C)C2C1. The van der Waals surface area contributed by atoms with Crippen molar-refractivity contribution in [2.75, 3.05) is 0 Å². The third kappa shape index (κ3) is 3.33. The molecule has 4 unspecified atom stereocenters. The number of carboxylic acids is 1. The molecule has 0 radical (unpaired) electrons. The van der Waals surface area contributed by atoms with Crippen molar-refractivity contribution in [1.82, 2.24) is 0 Å². The first-order valence-corrected chi connectivity index (χ1v) is 8.64. The Labute approximate surface area is 144 Å². The van der Waals surface area contributed by atoms with Crippen LogP contribution < -0.4 is 0 Å². The van der Waals surface area contributed by atoms with E-state index in [4.69, 9.17) is 4.74 Å². The molecule has 0 aromatic heterocycles. The molecule has 1 N–H and O–H groups in total. The van der Waals surface area contributed by atoms with Gasteiger partial charge in [-0.25, -0.2) is 9.59 Å². The molecule has 0 bridgehead atoms. The van der Waals surface area contributed by atoms with Crippen molar-refractivity contribution in [1.29, 1.82) is 0 Å². The van der Waals surface area contributed by atoms with E-state index in [0.717, 1.165) is 37.7 Å². The number of carboxylic acid groups (broad SMARTS) is 1. The van der Waals surface area contributed by atoms with E-state index in [1.54, 1.807) is 13.0 Å². The van der Waals surface area contributed by atoms with Crippen molar-refractivity contribution in [3.63, 3.8) is 0 Å². The lowest BCUT2D eigenvalue weighted by Gasteiger charge is -2.52. The lowest BCUT2D eigenvalue weighted by atomic mass is 9.55. The molecule has 4 heteroatoms. The molecule has 4 nitrogen and oxygen atoms in total. The van der Waals surface area contributed by atoms with Crippen LogP contribution in [0.4, 0.5) is 0 Å². The summed E-state index contributed by atoms with van der Waals surface area (Å²) in [5.41, 5.74) is 1.88. The van der Waals surface area contributed by atoms with Gasteiger partial charge in [0.05, 0.1) is 0 Å². The number of carbonyl (C=O) groups is 2. The van der Waals surface area contributed by atoms with Crippen LogP contribution in [0.2, 0.25) is 0 Å². The van der Waals surface area contributed by atoms with Crippen LogP contribution >= 0.6 is 0 Å². The molecule has 2 rings (SSSR count). The van der Waals surface area contributed by atoms with E-state index in [-0.39, 0.29) is 34.9 Å². The van der Waals surface area contributed by atoms with Gasteiger partial charge in [-0.05, 0) is 57.8 Å². The third-order valence-corrected chi connectivity index (χ3v) is 6.08. The summed E-state index contributed by atoms with van der Waals surface area (Å²) < 4.78 is 5.82. The molecule has 0 heterocycles. The Balaban J connectivity index is 2.20. The number of rotatable bonds is 4. The standard InChI is InChI=1S/C20H28O4/c1-6-12(2)19(23)24-17-8-7-13(3)16-11-15(14(4)18(21)22)9-10-20(16,17)5/h6,15-17H,3-4,7-11H2,1-2,5H3,(H,21,22). The van der Waals surface area contributed by atoms with Crippen molar-refractivity contribution in [2.45, 2.75) is 59.0 Å². The number of carbonyl (C=O) groups excluding carboxylic acids is 1. The molecule has 4 atom stereocenters. The van der Waals surface area contributed by atoms with Crippen LogP contribution in [-0.4, -0.2) is 23.1 Å². The van der Waals surface area contributed by atoms with Crippen molar-refractivity contribution < 1.29 is 19.4 Å². The number of hydrogen-bond acceptors (Lipinski definition) is 3. The molecule has 2 fully saturated rings. The van der Waals surface area contributed by atoms with Crippen LogP contribution in [0.3, 0.4) is 0 Å². The highest BCUT2D eigenvalue weighted by Crippen LogP contribution is 2.55. The van der Waals surface area contributed by atoms with E-state index >= 15 is 0 Å². The van der Waals surface area contributed by atoms with Crippen molar-refractivity contribution in [2.24, 2.45) is 17.3 Å². The topological polar surface area (TPSA) is 63.6 Å². The highest BCUT2D eigenvalue weighted by molar-refractivity contribution is 5.88. The molecule has 2 aliphatic carbocycles. The van der Waals surface area contributed by atoms with Gasteiger partial charge in [-0.2, -0.15) is 0 Å². The van der Waals surface area contributed by atoms with E-state index in [1.807, 2.05) is 6.92 Å². The van der Waals surface area contributed by atoms with E-state index in [9.17, 15) is 14.7 Å². The molecule has 24 heavy (non-hydrogen) atoms. The predicted molar refractivity (Wildman–Crippen MR) is 93.4 cm³/mol. The van der Waals surface area contributed by atoms with E-state index in [1.165, 1.54) is 0 Å². The second-order valence-electron chi connectivity index (χ2n) is 7.42. The maximum Gasteiger partial charge on any atom is 0.333 e. The zero-order valence-corrected chi connectivity index (χ0v) is 14.9. The number of ether oxygens (including phenoxy) is 1. The highest BCUT2D eigenvalue weighted by atomic mass is 16.5. The summed E-state index contributed by atoms with van der Waals surface area (Å²) in [6, 6.07) is 0. The number of hydrogen-bond donors (Lipinski definition) is 1. The fourth-order valence-electron chi connectivity index (χ4n) is 4.19. The van der Waals surface area contributed by atoms with Crippen molar-refractivity contribution in [3.05, 3.63) is 36.0 Å². The normalized spacial score (nSPS) is 33.5. The first-order valence-electron chi connectivity index (χ1n) is 8.64. The Bertz CT molecular complexity index is 601. The minimum Gasteiger partial charge on any atom is -0.478 e. The molecule has 2 saturated carbocycles. The molecule has 132 valence electrons. The predicted octanol–water partition coefficient (Wildman–Crippen LogP) is 4.28. The minimum absolute atomic E-state index is 0.0240. The van der Waals surface area contributed by atoms with Crippen molar-refractivity contribution in [3.8, 4) is 0 Å². The van der Waals surface area contributed by atoms with Gasteiger partial charge < -0.3 is 9.84 Å². The largest absolute Gasteiger partial charge is 0.478 e. The first-order chi connectivity index (χ1) is 11.2. The van der Waals surface area contributed by atoms with Gasteiger partial charge in [0.1, 0.15) is 6.10 Å². The number of esters is 1. The van der Waals surface area contributed by atoms with E-state index in [2.05, 4.69) is 20.1 Å². The summed E-state index contributed by atoms with van der Waals surface area (Å²) in [7, 11) is 0. The van der Waals surface area contributed by atoms with Gasteiger partial charge in [-0.3, -0.25) is 0 Å². The molecule has 0 saturated heterocycles. The Morgan fingerprint density at radius 1 is 1.38 bits per heavy atom. The first kappa shape index (κ1) is 18.5. The summed E-state index contributed by atoms with van der Waals surface area (Å²) in [4.78, 5) is 23.4. The Morgan fingerprint density at radius 2 is 2.04 bits per heavy atom. The highest BCUT2D eigenvalue weighted by Gasteiger charge is 2.51. The van der Waals surface area contributed by atoms with Crippen LogP contribution in [0.15, 0.2) is 36.0 Å². The van der Waals surface area contributed by atoms with Crippen molar-refractivity contribution >= 4 is 11.9 Å². The molecule has 0 amide bonds. The summed E-state index contributed by atoms with van der Waals surface area (Å²) in [6.07, 6.45) is 5.55. The Kier molecular flexibility index (Phi) is 5.36. The van der Waals surface area contributed by atoms with E-state index in [0.29, 0.717) is 5.57 Å². The molecule has 0 aromatic carbocycles. The average molecular weight is 332 g/mol. The number of fused-ring (bicyclic) bond motifs is 1. The second kappa shape index (κ2) is 6.96. The fraction of sp³-hybridized carbons (Fsp3) is 0.600. The van der Waals surface area contributed by atoms with Gasteiger partial charge in [-0.1, -0.05) is 31.7 Å². The third-order valence-electron chi connectivity index (χ3n) is 6.08. The van der Waals surface area contributed by atoms with Crippen LogP contribution in [0.5, 0.6) is 0 Å². The molecule has 0 spiro atoms. The van der Waals surface area contributed by atoms with Crippen LogP contribution in [0, 0.1) is 17.3 Å². The lowest BCUT2D eigenvalue weighted by molar-refractivity contribution is -0.158. The van der Waals surface area contributed by atoms with Gasteiger partial charge in [0.25, 0.3) is 0 Å². The summed E-state index contributed by atoms with van der Waals surface area (Å²) in [5, 5.41) is 9.22. The molecule has 0 aromatic rings. The second-order valence-corrected chi connectivity index (χ2v) is 7.42. The zero-order chi connectivity index (χ0) is 18.1. The quantitative estimate of drug-likeness (QED) is 0.474. The van der Waals surface area contributed by atoms with Crippen LogP contribution in [-0.2, 0) is 14.3 Å². The fourth-order valence-corrected chi connectivity index (χ4v) is 4.19. The molecular weight excluding hydrogens is 304 g/mol. The van der Waals surface area contributed by atoms with Gasteiger partial charge in [-0.15, -0.1) is 0 Å². The van der Waals surface area contributed by atoms with E-state index < -0.39 is 5.97 Å². The number of allylic oxidation sites excluding steroid dienone is 2. The summed E-state index contributed by atoms with van der Waals surface area (Å²) in [6.45, 7) is 13.7. The van der Waals surface area contributed by atoms with Crippen LogP contribution in [0.1, 0.15) is 52.9 Å². The summed E-state index contributed by atoms with van der Waals surface area (Å²) >= 11 is 0. The lowest BCUT2D eigenvalue weighted by Crippen LogP contribution is -2.49. The Hall–Kier alpha value is -1.84. The maximum atomic E-state index is 12.2. The molecule has 0 aliphatic heterocycles. The number of aliphatic carboxylic acids is 1. The zero-order valence-electron chi connectivity index (χ0n) is 14.9. The average Bonchev–Trinajstić information content (AvgIpc) is 2.55.